The summed E-state index contributed by atoms with van der Waals surface area (Å²) in [7, 11) is -3.37. The van der Waals surface area contributed by atoms with Crippen molar-refractivity contribution in [3.8, 4) is 0 Å². The van der Waals surface area contributed by atoms with Gasteiger partial charge in [0.2, 0.25) is 10.0 Å². The number of rotatable bonds is 7. The Bertz CT molecular complexity index is 669. The molecule has 1 aromatic carbocycles. The summed E-state index contributed by atoms with van der Waals surface area (Å²) >= 11 is 0. The topological polar surface area (TPSA) is 87.8 Å². The standard InChI is InChI=1S/C18H30N4O2S.HI/c1-15(2)10-11-20-18(19)21-14-16-6-8-17(9-7-16)25(23,24)22-12-4-3-5-13-22;/h6-9,15H,3-5,10-14H2,1-2H3,(H3,19,20,21);1H. The number of nitrogens with zero attached hydrogens (tertiary/aromatic N) is 2. The van der Waals surface area contributed by atoms with Gasteiger partial charge in [-0.3, -0.25) is 0 Å². The second-order valence-electron chi connectivity index (χ2n) is 6.92. The van der Waals surface area contributed by atoms with Gasteiger partial charge in [0.05, 0.1) is 11.4 Å². The zero-order valence-corrected chi connectivity index (χ0v) is 18.8. The molecule has 0 aromatic heterocycles. The van der Waals surface area contributed by atoms with Crippen LogP contribution in [0.15, 0.2) is 34.2 Å². The van der Waals surface area contributed by atoms with Crippen molar-refractivity contribution in [3.05, 3.63) is 29.8 Å². The summed E-state index contributed by atoms with van der Waals surface area (Å²) in [5, 5.41) is 3.09. The average molecular weight is 494 g/mol. The van der Waals surface area contributed by atoms with Gasteiger partial charge in [-0.15, -0.1) is 24.0 Å². The molecule has 0 saturated carbocycles. The van der Waals surface area contributed by atoms with Crippen molar-refractivity contribution < 1.29 is 8.42 Å². The molecule has 0 atom stereocenters. The van der Waals surface area contributed by atoms with E-state index in [1.54, 1.807) is 16.4 Å². The Morgan fingerprint density at radius 2 is 1.81 bits per heavy atom. The minimum atomic E-state index is -3.37. The Labute approximate surface area is 174 Å². The molecule has 3 N–H and O–H groups in total. The van der Waals surface area contributed by atoms with Crippen molar-refractivity contribution in [2.24, 2.45) is 16.6 Å². The van der Waals surface area contributed by atoms with Crippen LogP contribution >= 0.6 is 24.0 Å². The summed E-state index contributed by atoms with van der Waals surface area (Å²) in [5.41, 5.74) is 6.78. The smallest absolute Gasteiger partial charge is 0.243 e. The van der Waals surface area contributed by atoms with E-state index in [4.69, 9.17) is 5.73 Å². The van der Waals surface area contributed by atoms with Crippen molar-refractivity contribution in [2.45, 2.75) is 51.0 Å². The number of nitrogens with two attached hydrogens (primary N) is 1. The summed E-state index contributed by atoms with van der Waals surface area (Å²) in [4.78, 5) is 4.65. The molecule has 1 fully saturated rings. The van der Waals surface area contributed by atoms with Crippen LogP contribution in [0.1, 0.15) is 45.1 Å². The van der Waals surface area contributed by atoms with Gasteiger partial charge in [0.1, 0.15) is 0 Å². The number of hydrogen-bond acceptors (Lipinski definition) is 3. The Morgan fingerprint density at radius 1 is 1.19 bits per heavy atom. The first-order valence-electron chi connectivity index (χ1n) is 9.02. The Kier molecular flexibility index (Phi) is 9.88. The number of halogens is 1. The lowest BCUT2D eigenvalue weighted by molar-refractivity contribution is 0.346. The van der Waals surface area contributed by atoms with E-state index in [-0.39, 0.29) is 24.0 Å². The molecule has 26 heavy (non-hydrogen) atoms. The van der Waals surface area contributed by atoms with Crippen LogP contribution in [0, 0.1) is 5.92 Å². The lowest BCUT2D eigenvalue weighted by Gasteiger charge is -2.25. The molecule has 2 rings (SSSR count). The number of guanidine groups is 1. The molecule has 6 nitrogen and oxygen atoms in total. The van der Waals surface area contributed by atoms with E-state index >= 15 is 0 Å². The second-order valence-corrected chi connectivity index (χ2v) is 8.86. The first-order valence-corrected chi connectivity index (χ1v) is 10.5. The zero-order chi connectivity index (χ0) is 18.3. The van der Waals surface area contributed by atoms with E-state index in [0.29, 0.717) is 36.4 Å². The van der Waals surface area contributed by atoms with Gasteiger partial charge in [0.25, 0.3) is 0 Å². The highest BCUT2D eigenvalue weighted by Crippen LogP contribution is 2.21. The number of aliphatic imine (C=N–C) groups is 1. The van der Waals surface area contributed by atoms with Crippen LogP contribution < -0.4 is 11.1 Å². The van der Waals surface area contributed by atoms with Crippen molar-refractivity contribution in [3.63, 3.8) is 0 Å². The third-order valence-corrected chi connectivity index (χ3v) is 6.25. The van der Waals surface area contributed by atoms with Gasteiger partial charge >= 0.3 is 0 Å². The van der Waals surface area contributed by atoms with Gasteiger partial charge in [-0.25, -0.2) is 13.4 Å². The van der Waals surface area contributed by atoms with Gasteiger partial charge < -0.3 is 11.1 Å². The SMILES string of the molecule is CC(C)CCNC(N)=NCc1ccc(S(=O)(=O)N2CCCCC2)cc1.I. The molecule has 1 aliphatic rings. The molecule has 0 radical (unpaired) electrons. The van der Waals surface area contributed by atoms with E-state index in [1.165, 1.54) is 0 Å². The molecular weight excluding hydrogens is 463 g/mol. The lowest BCUT2D eigenvalue weighted by Crippen LogP contribution is -2.35. The Balaban J connectivity index is 0.00000338. The quantitative estimate of drug-likeness (QED) is 0.347. The van der Waals surface area contributed by atoms with Crippen LogP contribution in [-0.2, 0) is 16.6 Å². The van der Waals surface area contributed by atoms with Crippen LogP contribution in [0.2, 0.25) is 0 Å². The molecule has 1 saturated heterocycles. The van der Waals surface area contributed by atoms with E-state index in [1.807, 2.05) is 12.1 Å². The Morgan fingerprint density at radius 3 is 2.38 bits per heavy atom. The molecule has 0 bridgehead atoms. The maximum atomic E-state index is 12.6. The maximum absolute atomic E-state index is 12.6. The first kappa shape index (κ1) is 23.2. The van der Waals surface area contributed by atoms with Crippen molar-refractivity contribution in [2.75, 3.05) is 19.6 Å². The van der Waals surface area contributed by atoms with Gasteiger partial charge in [-0.05, 0) is 42.9 Å². The third-order valence-electron chi connectivity index (χ3n) is 4.34. The molecule has 1 aromatic rings. The summed E-state index contributed by atoms with van der Waals surface area (Å²) in [5.74, 6) is 1.04. The summed E-state index contributed by atoms with van der Waals surface area (Å²) in [6.45, 7) is 6.80. The summed E-state index contributed by atoms with van der Waals surface area (Å²) in [6, 6.07) is 6.94. The first-order chi connectivity index (χ1) is 11.9. The molecule has 148 valence electrons. The van der Waals surface area contributed by atoms with Crippen LogP contribution in [-0.4, -0.2) is 38.3 Å². The van der Waals surface area contributed by atoms with E-state index < -0.39 is 10.0 Å². The van der Waals surface area contributed by atoms with Crippen molar-refractivity contribution in [1.82, 2.24) is 9.62 Å². The predicted octanol–water partition coefficient (Wildman–Crippen LogP) is 2.93. The number of benzene rings is 1. The van der Waals surface area contributed by atoms with Gasteiger partial charge in [-0.2, -0.15) is 4.31 Å². The molecule has 1 heterocycles. The number of nitrogens with one attached hydrogen (secondary N) is 1. The molecule has 1 aliphatic heterocycles. The summed E-state index contributed by atoms with van der Waals surface area (Å²) in [6.07, 6.45) is 4.03. The van der Waals surface area contributed by atoms with Crippen LogP contribution in [0.5, 0.6) is 0 Å². The Hall–Kier alpha value is -0.870. The third kappa shape index (κ3) is 7.03. The van der Waals surface area contributed by atoms with Gasteiger partial charge in [-0.1, -0.05) is 32.4 Å². The highest BCUT2D eigenvalue weighted by Gasteiger charge is 2.25. The normalized spacial score (nSPS) is 16.3. The largest absolute Gasteiger partial charge is 0.370 e. The molecule has 8 heteroatoms. The number of sulfonamides is 1. The number of hydrogen-bond donors (Lipinski definition) is 2. The number of piperidine rings is 1. The minimum absolute atomic E-state index is 0. The maximum Gasteiger partial charge on any atom is 0.243 e. The molecule has 0 spiro atoms. The second kappa shape index (κ2) is 11.1. The fourth-order valence-corrected chi connectivity index (χ4v) is 4.26. The predicted molar refractivity (Wildman–Crippen MR) is 117 cm³/mol. The minimum Gasteiger partial charge on any atom is -0.370 e. The highest BCUT2D eigenvalue weighted by molar-refractivity contribution is 14.0. The van der Waals surface area contributed by atoms with E-state index in [2.05, 4.69) is 24.2 Å². The lowest BCUT2D eigenvalue weighted by atomic mass is 10.1. The van der Waals surface area contributed by atoms with E-state index in [9.17, 15) is 8.42 Å². The zero-order valence-electron chi connectivity index (χ0n) is 15.6. The molecule has 0 aliphatic carbocycles. The fourth-order valence-electron chi connectivity index (χ4n) is 2.74. The van der Waals surface area contributed by atoms with Crippen LogP contribution in [0.3, 0.4) is 0 Å². The highest BCUT2D eigenvalue weighted by atomic mass is 127. The molecular formula is C18H31IN4O2S. The van der Waals surface area contributed by atoms with E-state index in [0.717, 1.165) is 37.8 Å². The van der Waals surface area contributed by atoms with Crippen molar-refractivity contribution >= 4 is 40.0 Å². The molecule has 0 amide bonds. The van der Waals surface area contributed by atoms with Crippen molar-refractivity contribution in [1.29, 1.82) is 0 Å². The average Bonchev–Trinajstić information content (AvgIpc) is 2.61. The molecule has 0 unspecified atom stereocenters. The van der Waals surface area contributed by atoms with Gasteiger partial charge in [0, 0.05) is 19.6 Å². The summed E-state index contributed by atoms with van der Waals surface area (Å²) < 4.78 is 26.8. The fraction of sp³-hybridized carbons (Fsp3) is 0.611. The van der Waals surface area contributed by atoms with Gasteiger partial charge in [0.15, 0.2) is 5.96 Å². The van der Waals surface area contributed by atoms with Crippen LogP contribution in [0.25, 0.3) is 0 Å². The van der Waals surface area contributed by atoms with Crippen LogP contribution in [0.4, 0.5) is 0 Å². The monoisotopic (exact) mass is 494 g/mol.